The Morgan fingerprint density at radius 3 is 2.93 bits per heavy atom. The largest absolute Gasteiger partial charge is 0.441 e. The predicted octanol–water partition coefficient (Wildman–Crippen LogP) is 0.818. The van der Waals surface area contributed by atoms with Gasteiger partial charge in [0.15, 0.2) is 11.5 Å². The Morgan fingerprint density at radius 2 is 2.27 bits per heavy atom. The van der Waals surface area contributed by atoms with E-state index in [-0.39, 0.29) is 6.17 Å². The summed E-state index contributed by atoms with van der Waals surface area (Å²) in [6, 6.07) is 5.81. The fourth-order valence-electron chi connectivity index (χ4n) is 1.58. The molecular formula is C10H14N4O. The Morgan fingerprint density at radius 1 is 1.47 bits per heavy atom. The molecule has 0 bridgehead atoms. The third-order valence-corrected chi connectivity index (χ3v) is 2.31. The van der Waals surface area contributed by atoms with Gasteiger partial charge in [0.25, 0.3) is 0 Å². The van der Waals surface area contributed by atoms with Crippen molar-refractivity contribution in [2.75, 3.05) is 7.05 Å². The van der Waals surface area contributed by atoms with E-state index in [0.29, 0.717) is 5.89 Å². The van der Waals surface area contributed by atoms with Gasteiger partial charge in [-0.1, -0.05) is 6.07 Å². The van der Waals surface area contributed by atoms with Gasteiger partial charge in [0.2, 0.25) is 0 Å². The summed E-state index contributed by atoms with van der Waals surface area (Å²) in [5.41, 5.74) is 5.33. The zero-order valence-corrected chi connectivity index (χ0v) is 8.74. The molecule has 5 heteroatoms. The van der Waals surface area contributed by atoms with E-state index in [9.17, 15) is 0 Å². The first-order valence-electron chi connectivity index (χ1n) is 4.75. The molecule has 0 aliphatic carbocycles. The third-order valence-electron chi connectivity index (χ3n) is 2.31. The van der Waals surface area contributed by atoms with E-state index in [4.69, 9.17) is 10.3 Å². The van der Waals surface area contributed by atoms with Crippen molar-refractivity contribution in [2.24, 2.45) is 5.84 Å². The van der Waals surface area contributed by atoms with Gasteiger partial charge in [0, 0.05) is 6.92 Å². The topological polar surface area (TPSA) is 76.1 Å². The van der Waals surface area contributed by atoms with E-state index in [1.54, 1.807) is 0 Å². The molecule has 2 rings (SSSR count). The van der Waals surface area contributed by atoms with Crippen LogP contribution in [-0.2, 0) is 0 Å². The van der Waals surface area contributed by atoms with E-state index in [2.05, 4.69) is 15.7 Å². The minimum Gasteiger partial charge on any atom is -0.441 e. The Hall–Kier alpha value is -1.43. The van der Waals surface area contributed by atoms with Crippen molar-refractivity contribution in [3.8, 4) is 0 Å². The number of fused-ring (bicyclic) bond motifs is 1. The summed E-state index contributed by atoms with van der Waals surface area (Å²) in [7, 11) is 1.83. The van der Waals surface area contributed by atoms with Gasteiger partial charge in [-0.05, 0) is 24.7 Å². The van der Waals surface area contributed by atoms with Crippen molar-refractivity contribution in [1.82, 2.24) is 15.7 Å². The number of hydrogen-bond donors (Lipinski definition) is 3. The SMILES string of the molecule is CNC(NN)c1ccc2nc(C)oc2c1. The van der Waals surface area contributed by atoms with Crippen LogP contribution in [0.25, 0.3) is 11.1 Å². The Balaban J connectivity index is 2.45. The van der Waals surface area contributed by atoms with Crippen molar-refractivity contribution in [3.63, 3.8) is 0 Å². The highest BCUT2D eigenvalue weighted by Crippen LogP contribution is 2.19. The van der Waals surface area contributed by atoms with Crippen molar-refractivity contribution in [2.45, 2.75) is 13.1 Å². The minimum atomic E-state index is -0.0835. The van der Waals surface area contributed by atoms with Crippen LogP contribution in [0.15, 0.2) is 22.6 Å². The number of benzene rings is 1. The average Bonchev–Trinajstić information content (AvgIpc) is 2.59. The molecule has 15 heavy (non-hydrogen) atoms. The summed E-state index contributed by atoms with van der Waals surface area (Å²) in [6.45, 7) is 1.83. The van der Waals surface area contributed by atoms with Crippen LogP contribution in [0.4, 0.5) is 0 Å². The van der Waals surface area contributed by atoms with Crippen molar-refractivity contribution in [1.29, 1.82) is 0 Å². The maximum Gasteiger partial charge on any atom is 0.192 e. The molecule has 80 valence electrons. The first-order chi connectivity index (χ1) is 7.24. The first-order valence-corrected chi connectivity index (χ1v) is 4.75. The second-order valence-corrected chi connectivity index (χ2v) is 3.35. The summed E-state index contributed by atoms with van der Waals surface area (Å²) in [4.78, 5) is 4.23. The van der Waals surface area contributed by atoms with Crippen LogP contribution >= 0.6 is 0 Å². The molecule has 4 N–H and O–H groups in total. The average molecular weight is 206 g/mol. The highest BCUT2D eigenvalue weighted by atomic mass is 16.3. The van der Waals surface area contributed by atoms with Gasteiger partial charge in [-0.3, -0.25) is 5.84 Å². The molecule has 0 spiro atoms. The quantitative estimate of drug-likeness (QED) is 0.394. The standard InChI is InChI=1S/C10H14N4O/c1-6-13-8-4-3-7(5-9(8)15-6)10(12-2)14-11/h3-5,10,12,14H,11H2,1-2H3. The number of aryl methyl sites for hydroxylation is 1. The Labute approximate surface area is 87.6 Å². The fourth-order valence-corrected chi connectivity index (χ4v) is 1.58. The number of nitrogens with zero attached hydrogens (tertiary/aromatic N) is 1. The molecule has 1 aromatic carbocycles. The fraction of sp³-hybridized carbons (Fsp3) is 0.300. The van der Waals surface area contributed by atoms with Gasteiger partial charge in [0.05, 0.1) is 6.17 Å². The van der Waals surface area contributed by atoms with E-state index < -0.39 is 0 Å². The molecule has 0 aliphatic heterocycles. The highest BCUT2D eigenvalue weighted by molar-refractivity contribution is 5.73. The number of nitrogens with one attached hydrogen (secondary N) is 2. The zero-order valence-electron chi connectivity index (χ0n) is 8.74. The van der Waals surface area contributed by atoms with E-state index in [1.807, 2.05) is 32.2 Å². The summed E-state index contributed by atoms with van der Waals surface area (Å²) < 4.78 is 5.44. The number of aromatic nitrogens is 1. The molecule has 0 saturated carbocycles. The van der Waals surface area contributed by atoms with Crippen molar-refractivity contribution >= 4 is 11.1 Å². The van der Waals surface area contributed by atoms with Crippen LogP contribution in [0.2, 0.25) is 0 Å². The molecule has 1 unspecified atom stereocenters. The van der Waals surface area contributed by atoms with Crippen LogP contribution in [0, 0.1) is 6.92 Å². The lowest BCUT2D eigenvalue weighted by Crippen LogP contribution is -2.36. The Kier molecular flexibility index (Phi) is 2.68. The molecule has 5 nitrogen and oxygen atoms in total. The summed E-state index contributed by atoms with van der Waals surface area (Å²) >= 11 is 0. The smallest absolute Gasteiger partial charge is 0.192 e. The molecule has 0 amide bonds. The summed E-state index contributed by atoms with van der Waals surface area (Å²) in [5, 5.41) is 3.04. The van der Waals surface area contributed by atoms with Gasteiger partial charge in [-0.2, -0.15) is 0 Å². The highest BCUT2D eigenvalue weighted by Gasteiger charge is 2.09. The van der Waals surface area contributed by atoms with Crippen LogP contribution in [0.5, 0.6) is 0 Å². The van der Waals surface area contributed by atoms with Crippen molar-refractivity contribution < 1.29 is 4.42 Å². The summed E-state index contributed by atoms with van der Waals surface area (Å²) in [5.74, 6) is 6.08. The Bertz CT molecular complexity index is 461. The second kappa shape index (κ2) is 3.98. The van der Waals surface area contributed by atoms with Gasteiger partial charge in [-0.25, -0.2) is 10.4 Å². The van der Waals surface area contributed by atoms with Gasteiger partial charge in [0.1, 0.15) is 5.52 Å². The van der Waals surface area contributed by atoms with Crippen LogP contribution < -0.4 is 16.6 Å². The predicted molar refractivity (Wildman–Crippen MR) is 57.9 cm³/mol. The van der Waals surface area contributed by atoms with E-state index >= 15 is 0 Å². The van der Waals surface area contributed by atoms with Gasteiger partial charge < -0.3 is 9.73 Å². The molecule has 0 aliphatic rings. The number of nitrogens with two attached hydrogens (primary N) is 1. The van der Waals surface area contributed by atoms with Gasteiger partial charge in [-0.15, -0.1) is 0 Å². The molecule has 1 heterocycles. The molecule has 2 aromatic rings. The molecule has 0 fully saturated rings. The third kappa shape index (κ3) is 1.85. The molecule has 1 aromatic heterocycles. The van der Waals surface area contributed by atoms with E-state index in [1.165, 1.54) is 0 Å². The number of hydrogen-bond acceptors (Lipinski definition) is 5. The minimum absolute atomic E-state index is 0.0835. The number of rotatable bonds is 3. The van der Waals surface area contributed by atoms with Crippen LogP contribution in [-0.4, -0.2) is 12.0 Å². The lowest BCUT2D eigenvalue weighted by Gasteiger charge is -2.14. The maximum absolute atomic E-state index is 5.44. The van der Waals surface area contributed by atoms with E-state index in [0.717, 1.165) is 16.7 Å². The normalized spacial score (nSPS) is 13.3. The lowest BCUT2D eigenvalue weighted by molar-refractivity contribution is 0.487. The molecule has 1 atom stereocenters. The van der Waals surface area contributed by atoms with Crippen molar-refractivity contribution in [3.05, 3.63) is 29.7 Å². The molecule has 0 radical (unpaired) electrons. The van der Waals surface area contributed by atoms with Crippen LogP contribution in [0.3, 0.4) is 0 Å². The lowest BCUT2D eigenvalue weighted by atomic mass is 10.1. The molecule has 0 saturated heterocycles. The van der Waals surface area contributed by atoms with Crippen LogP contribution in [0.1, 0.15) is 17.6 Å². The monoisotopic (exact) mass is 206 g/mol. The molecular weight excluding hydrogens is 192 g/mol. The zero-order chi connectivity index (χ0) is 10.8. The number of oxazole rings is 1. The summed E-state index contributed by atoms with van der Waals surface area (Å²) in [6.07, 6.45) is -0.0835. The number of hydrazine groups is 1. The first kappa shape index (κ1) is 10.1. The van der Waals surface area contributed by atoms with Gasteiger partial charge >= 0.3 is 0 Å². The maximum atomic E-state index is 5.44. The second-order valence-electron chi connectivity index (χ2n) is 3.35.